The first-order valence-electron chi connectivity index (χ1n) is 7.39. The molecule has 5 nitrogen and oxygen atoms in total. The van der Waals surface area contributed by atoms with E-state index in [1.807, 2.05) is 19.1 Å². The van der Waals surface area contributed by atoms with Crippen molar-refractivity contribution in [2.45, 2.75) is 24.8 Å². The van der Waals surface area contributed by atoms with Gasteiger partial charge in [0.2, 0.25) is 0 Å². The highest BCUT2D eigenvalue weighted by Gasteiger charge is 2.21. The minimum Gasteiger partial charge on any atom is -0.449 e. The van der Waals surface area contributed by atoms with Crippen molar-refractivity contribution >= 4 is 28.4 Å². The zero-order valence-corrected chi connectivity index (χ0v) is 14.6. The van der Waals surface area contributed by atoms with Gasteiger partial charge in [0, 0.05) is 11.9 Å². The lowest BCUT2D eigenvalue weighted by molar-refractivity contribution is -0.123. The summed E-state index contributed by atoms with van der Waals surface area (Å²) in [4.78, 5) is 24.8. The Labute approximate surface area is 143 Å². The molecule has 0 fully saturated rings. The number of benzene rings is 2. The molecule has 0 unspecified atom stereocenters. The maximum atomic E-state index is 12.2. The smallest absolute Gasteiger partial charge is 0.340 e. The fraction of sp³-hybridized carbons (Fsp3) is 0.222. The first-order chi connectivity index (χ1) is 11.4. The minimum atomic E-state index is -1.32. The molecule has 0 bridgehead atoms. The van der Waals surface area contributed by atoms with Gasteiger partial charge in [0.05, 0.1) is 21.3 Å². The van der Waals surface area contributed by atoms with E-state index in [0.717, 1.165) is 5.56 Å². The van der Waals surface area contributed by atoms with Crippen LogP contribution in [0.3, 0.4) is 0 Å². The Balaban J connectivity index is 2.04. The molecule has 2 aromatic carbocycles. The number of ether oxygens (including phenoxy) is 1. The second kappa shape index (κ2) is 7.88. The van der Waals surface area contributed by atoms with Gasteiger partial charge < -0.3 is 10.1 Å². The first-order valence-corrected chi connectivity index (χ1v) is 8.95. The number of aryl methyl sites for hydroxylation is 1. The number of esters is 1. The number of carbonyl (C=O) groups is 2. The highest BCUT2D eigenvalue weighted by atomic mass is 32.2. The SMILES string of the molecule is Cc1ccc(NC(=O)[C@H](C)OC(=O)c2ccccc2[S@](C)=O)cc1. The summed E-state index contributed by atoms with van der Waals surface area (Å²) in [6, 6.07) is 13.8. The van der Waals surface area contributed by atoms with Crippen molar-refractivity contribution in [3.63, 3.8) is 0 Å². The van der Waals surface area contributed by atoms with E-state index in [1.165, 1.54) is 19.2 Å². The van der Waals surface area contributed by atoms with Gasteiger partial charge in [-0.1, -0.05) is 29.8 Å². The predicted octanol–water partition coefficient (Wildman–Crippen LogP) is 2.92. The van der Waals surface area contributed by atoms with Crippen molar-refractivity contribution in [2.24, 2.45) is 0 Å². The molecule has 126 valence electrons. The van der Waals surface area contributed by atoms with Crippen molar-refractivity contribution in [1.29, 1.82) is 0 Å². The molecule has 0 aromatic heterocycles. The molecule has 2 rings (SSSR count). The third-order valence-electron chi connectivity index (χ3n) is 3.39. The molecule has 0 aliphatic carbocycles. The van der Waals surface area contributed by atoms with E-state index in [9.17, 15) is 13.8 Å². The maximum absolute atomic E-state index is 12.2. The van der Waals surface area contributed by atoms with Gasteiger partial charge in [-0.25, -0.2) is 4.79 Å². The molecule has 24 heavy (non-hydrogen) atoms. The lowest BCUT2D eigenvalue weighted by atomic mass is 10.2. The second-order valence-corrected chi connectivity index (χ2v) is 6.70. The first kappa shape index (κ1) is 17.9. The van der Waals surface area contributed by atoms with Gasteiger partial charge in [0.1, 0.15) is 0 Å². The van der Waals surface area contributed by atoms with Gasteiger partial charge >= 0.3 is 5.97 Å². The van der Waals surface area contributed by atoms with E-state index in [4.69, 9.17) is 4.74 Å². The summed E-state index contributed by atoms with van der Waals surface area (Å²) in [6.45, 7) is 3.44. The van der Waals surface area contributed by atoms with Crippen molar-refractivity contribution in [2.75, 3.05) is 11.6 Å². The summed E-state index contributed by atoms with van der Waals surface area (Å²) in [5.41, 5.74) is 1.91. The molecular weight excluding hydrogens is 326 g/mol. The Hall–Kier alpha value is -2.47. The lowest BCUT2D eigenvalue weighted by Crippen LogP contribution is -2.30. The molecule has 0 radical (unpaired) electrons. The van der Waals surface area contributed by atoms with Crippen LogP contribution in [0.5, 0.6) is 0 Å². The molecule has 6 heteroatoms. The molecule has 0 saturated heterocycles. The average Bonchev–Trinajstić information content (AvgIpc) is 2.56. The molecule has 1 amide bonds. The summed E-state index contributed by atoms with van der Waals surface area (Å²) in [5.74, 6) is -1.10. The van der Waals surface area contributed by atoms with Crippen LogP contribution in [0.15, 0.2) is 53.4 Å². The zero-order chi connectivity index (χ0) is 17.7. The number of anilines is 1. The number of hydrogen-bond acceptors (Lipinski definition) is 4. The van der Waals surface area contributed by atoms with E-state index in [-0.39, 0.29) is 5.56 Å². The topological polar surface area (TPSA) is 72.5 Å². The van der Waals surface area contributed by atoms with E-state index in [2.05, 4.69) is 5.32 Å². The molecule has 0 spiro atoms. The van der Waals surface area contributed by atoms with Crippen LogP contribution in [0.1, 0.15) is 22.8 Å². The molecule has 0 saturated carbocycles. The van der Waals surface area contributed by atoms with Crippen molar-refractivity contribution < 1.29 is 18.5 Å². The lowest BCUT2D eigenvalue weighted by Gasteiger charge is -2.14. The molecular formula is C18H19NO4S. The summed E-state index contributed by atoms with van der Waals surface area (Å²) < 4.78 is 16.9. The van der Waals surface area contributed by atoms with Crippen LogP contribution in [0.4, 0.5) is 5.69 Å². The highest BCUT2D eigenvalue weighted by Crippen LogP contribution is 2.15. The number of nitrogens with one attached hydrogen (secondary N) is 1. The summed E-state index contributed by atoms with van der Waals surface area (Å²) in [5, 5.41) is 2.69. The molecule has 2 atom stereocenters. The van der Waals surface area contributed by atoms with Crippen molar-refractivity contribution in [3.05, 3.63) is 59.7 Å². The van der Waals surface area contributed by atoms with Crippen LogP contribution in [-0.2, 0) is 20.3 Å². The average molecular weight is 345 g/mol. The van der Waals surface area contributed by atoms with Gasteiger partial charge in [0.15, 0.2) is 6.10 Å². The second-order valence-electron chi connectivity index (χ2n) is 5.35. The summed E-state index contributed by atoms with van der Waals surface area (Å²) in [7, 11) is -1.32. The van der Waals surface area contributed by atoms with Crippen LogP contribution in [0, 0.1) is 6.92 Å². The van der Waals surface area contributed by atoms with E-state index in [1.54, 1.807) is 30.3 Å². The largest absolute Gasteiger partial charge is 0.449 e. The summed E-state index contributed by atoms with van der Waals surface area (Å²) >= 11 is 0. The van der Waals surface area contributed by atoms with Gasteiger partial charge in [-0.2, -0.15) is 0 Å². The quantitative estimate of drug-likeness (QED) is 0.846. The van der Waals surface area contributed by atoms with E-state index >= 15 is 0 Å². The monoisotopic (exact) mass is 345 g/mol. The Kier molecular flexibility index (Phi) is 5.87. The van der Waals surface area contributed by atoms with Crippen molar-refractivity contribution in [1.82, 2.24) is 0 Å². The number of amides is 1. The van der Waals surface area contributed by atoms with Gasteiger partial charge in [-0.05, 0) is 38.1 Å². The van der Waals surface area contributed by atoms with Gasteiger partial charge in [-0.15, -0.1) is 0 Å². The third kappa shape index (κ3) is 4.52. The zero-order valence-electron chi connectivity index (χ0n) is 13.7. The van der Waals surface area contributed by atoms with Crippen LogP contribution >= 0.6 is 0 Å². The summed E-state index contributed by atoms with van der Waals surface area (Å²) in [6.07, 6.45) is 0.511. The minimum absolute atomic E-state index is 0.202. The maximum Gasteiger partial charge on any atom is 0.340 e. The Morgan fingerprint density at radius 3 is 2.33 bits per heavy atom. The number of rotatable bonds is 5. The normalized spacial score (nSPS) is 13.0. The fourth-order valence-corrected chi connectivity index (χ4v) is 2.78. The molecule has 0 aliphatic heterocycles. The number of hydrogen-bond donors (Lipinski definition) is 1. The van der Waals surface area contributed by atoms with Crippen LogP contribution < -0.4 is 5.32 Å². The molecule has 1 N–H and O–H groups in total. The molecule has 0 aliphatic rings. The van der Waals surface area contributed by atoms with Crippen LogP contribution in [0.25, 0.3) is 0 Å². The Morgan fingerprint density at radius 1 is 1.08 bits per heavy atom. The van der Waals surface area contributed by atoms with Crippen molar-refractivity contribution in [3.8, 4) is 0 Å². The van der Waals surface area contributed by atoms with E-state index in [0.29, 0.717) is 10.6 Å². The highest BCUT2D eigenvalue weighted by molar-refractivity contribution is 7.84. The number of carbonyl (C=O) groups excluding carboxylic acids is 2. The van der Waals surface area contributed by atoms with Gasteiger partial charge in [0.25, 0.3) is 5.91 Å². The molecule has 2 aromatic rings. The van der Waals surface area contributed by atoms with Gasteiger partial charge in [-0.3, -0.25) is 9.00 Å². The third-order valence-corrected chi connectivity index (χ3v) is 4.36. The van der Waals surface area contributed by atoms with E-state index < -0.39 is 28.8 Å². The molecule has 0 heterocycles. The Morgan fingerprint density at radius 2 is 1.71 bits per heavy atom. The van der Waals surface area contributed by atoms with Crippen LogP contribution in [0.2, 0.25) is 0 Å². The van der Waals surface area contributed by atoms with Crippen LogP contribution in [-0.4, -0.2) is 28.4 Å². The Bertz CT molecular complexity index is 771. The predicted molar refractivity (Wildman–Crippen MR) is 93.5 cm³/mol. The standard InChI is InChI=1S/C18H19NO4S/c1-12-8-10-14(11-9-12)19-17(20)13(2)23-18(21)15-6-4-5-7-16(15)24(3)22/h4-11,13H,1-3H3,(H,19,20)/t13-,24-/m0/s1. The fourth-order valence-electron chi connectivity index (χ4n) is 2.04.